The molecule has 5 nitrogen and oxygen atoms in total. The van der Waals surface area contributed by atoms with Crippen LogP contribution in [0.3, 0.4) is 0 Å². The Hall–Kier alpha value is -1.88. The van der Waals surface area contributed by atoms with Crippen molar-refractivity contribution in [1.29, 1.82) is 0 Å². The largest absolute Gasteiger partial charge is 0.449 e. The van der Waals surface area contributed by atoms with Gasteiger partial charge in [-0.2, -0.15) is 0 Å². The van der Waals surface area contributed by atoms with Crippen molar-refractivity contribution in [3.05, 3.63) is 35.9 Å². The number of benzene rings is 1. The average molecular weight is 304 g/mol. The fraction of sp³-hybridized carbons (Fsp3) is 0.529. The average Bonchev–Trinajstić information content (AvgIpc) is 3.07. The minimum absolute atomic E-state index is 0.0803. The second-order valence-electron chi connectivity index (χ2n) is 5.67. The minimum Gasteiger partial charge on any atom is -0.449 e. The Labute approximate surface area is 131 Å². The van der Waals surface area contributed by atoms with Gasteiger partial charge >= 0.3 is 0 Å². The summed E-state index contributed by atoms with van der Waals surface area (Å²) in [4.78, 5) is 24.8. The van der Waals surface area contributed by atoms with E-state index in [2.05, 4.69) is 5.32 Å². The van der Waals surface area contributed by atoms with Crippen molar-refractivity contribution in [1.82, 2.24) is 10.2 Å². The molecule has 1 aliphatic heterocycles. The topological polar surface area (TPSA) is 58.6 Å². The molecular formula is C17H24N2O3. The zero-order valence-corrected chi connectivity index (χ0v) is 13.0. The summed E-state index contributed by atoms with van der Waals surface area (Å²) in [5.74, 6) is 0.0803. The first-order chi connectivity index (χ1) is 10.7. The molecule has 1 amide bonds. The first-order valence-corrected chi connectivity index (χ1v) is 7.88. The van der Waals surface area contributed by atoms with Crippen LogP contribution in [0.4, 0.5) is 0 Å². The van der Waals surface area contributed by atoms with E-state index in [-0.39, 0.29) is 11.9 Å². The lowest BCUT2D eigenvalue weighted by atomic mass is 10.1. The maximum absolute atomic E-state index is 12.3. The standard InChI is InChI=1S/C17H24N2O3/c1-14(17(21)19-11-5-6-12-19)18-16(22-13-20)10-9-15-7-3-2-4-8-15/h2-4,7-8,13-14,16,18H,5-6,9-12H2,1H3/t14-,16+/m0/s1. The highest BCUT2D eigenvalue weighted by atomic mass is 16.5. The molecule has 5 heteroatoms. The molecule has 0 aliphatic carbocycles. The number of carbonyl (C=O) groups excluding carboxylic acids is 2. The van der Waals surface area contributed by atoms with E-state index >= 15 is 0 Å². The van der Waals surface area contributed by atoms with Crippen molar-refractivity contribution in [2.75, 3.05) is 13.1 Å². The molecule has 1 heterocycles. The second kappa shape index (κ2) is 8.54. The van der Waals surface area contributed by atoms with E-state index in [1.807, 2.05) is 42.2 Å². The predicted octanol–water partition coefficient (Wildman–Crippen LogP) is 1.72. The van der Waals surface area contributed by atoms with Crippen LogP contribution in [0.5, 0.6) is 0 Å². The molecule has 2 rings (SSSR count). The SMILES string of the molecule is C[C@H](N[C@@H](CCc1ccccc1)OC=O)C(=O)N1CCCC1. The zero-order chi connectivity index (χ0) is 15.8. The monoisotopic (exact) mass is 304 g/mol. The van der Waals surface area contributed by atoms with Gasteiger partial charge in [0.1, 0.15) is 0 Å². The number of carbonyl (C=O) groups is 2. The smallest absolute Gasteiger partial charge is 0.294 e. The summed E-state index contributed by atoms with van der Waals surface area (Å²) in [6, 6.07) is 9.67. The summed E-state index contributed by atoms with van der Waals surface area (Å²) in [5.41, 5.74) is 1.18. The van der Waals surface area contributed by atoms with Crippen LogP contribution in [0.15, 0.2) is 30.3 Å². The molecule has 2 atom stereocenters. The molecule has 0 radical (unpaired) electrons. The van der Waals surface area contributed by atoms with Gasteiger partial charge in [0, 0.05) is 19.5 Å². The third-order valence-corrected chi connectivity index (χ3v) is 3.98. The number of amides is 1. The van der Waals surface area contributed by atoms with Gasteiger partial charge in [-0.15, -0.1) is 0 Å². The lowest BCUT2D eigenvalue weighted by Crippen LogP contribution is -2.48. The number of hydrogen-bond acceptors (Lipinski definition) is 4. The van der Waals surface area contributed by atoms with Gasteiger partial charge in [0.2, 0.25) is 5.91 Å². The van der Waals surface area contributed by atoms with Crippen LogP contribution in [0, 0.1) is 0 Å². The van der Waals surface area contributed by atoms with E-state index < -0.39 is 6.23 Å². The van der Waals surface area contributed by atoms with E-state index in [0.717, 1.165) is 32.4 Å². The van der Waals surface area contributed by atoms with Gasteiger partial charge in [-0.3, -0.25) is 14.9 Å². The van der Waals surface area contributed by atoms with Gasteiger partial charge in [0.05, 0.1) is 6.04 Å². The highest BCUT2D eigenvalue weighted by molar-refractivity contribution is 5.81. The van der Waals surface area contributed by atoms with Gasteiger partial charge in [0.25, 0.3) is 6.47 Å². The molecule has 0 unspecified atom stereocenters. The predicted molar refractivity (Wildman–Crippen MR) is 84.1 cm³/mol. The molecule has 1 fully saturated rings. The van der Waals surface area contributed by atoms with Gasteiger partial charge in [-0.1, -0.05) is 30.3 Å². The Kier molecular flexibility index (Phi) is 6.40. The second-order valence-corrected chi connectivity index (χ2v) is 5.67. The van der Waals surface area contributed by atoms with Crippen LogP contribution < -0.4 is 5.32 Å². The molecule has 120 valence electrons. The maximum atomic E-state index is 12.3. The van der Waals surface area contributed by atoms with Crippen molar-refractivity contribution in [2.24, 2.45) is 0 Å². The summed E-state index contributed by atoms with van der Waals surface area (Å²) in [6.07, 6.45) is 3.12. The van der Waals surface area contributed by atoms with E-state index in [9.17, 15) is 9.59 Å². The number of likely N-dealkylation sites (tertiary alicyclic amines) is 1. The van der Waals surface area contributed by atoms with Crippen molar-refractivity contribution in [2.45, 2.75) is 44.9 Å². The quantitative estimate of drug-likeness (QED) is 0.587. The van der Waals surface area contributed by atoms with Crippen LogP contribution in [0.1, 0.15) is 31.7 Å². The summed E-state index contributed by atoms with van der Waals surface area (Å²) in [5, 5.41) is 3.12. The zero-order valence-electron chi connectivity index (χ0n) is 13.0. The maximum Gasteiger partial charge on any atom is 0.294 e. The first kappa shape index (κ1) is 16.5. The molecule has 0 saturated carbocycles. The van der Waals surface area contributed by atoms with Gasteiger partial charge in [0.15, 0.2) is 6.23 Å². The molecule has 1 aliphatic rings. The van der Waals surface area contributed by atoms with E-state index in [4.69, 9.17) is 4.74 Å². The molecule has 1 aromatic carbocycles. The van der Waals surface area contributed by atoms with E-state index in [1.54, 1.807) is 0 Å². The van der Waals surface area contributed by atoms with Crippen LogP contribution in [0.2, 0.25) is 0 Å². The third kappa shape index (κ3) is 4.84. The van der Waals surface area contributed by atoms with Crippen molar-refractivity contribution < 1.29 is 14.3 Å². The molecule has 1 N–H and O–H groups in total. The Morgan fingerprint density at radius 3 is 2.64 bits per heavy atom. The Bertz CT molecular complexity index is 472. The molecular weight excluding hydrogens is 280 g/mol. The van der Waals surface area contributed by atoms with Gasteiger partial charge in [-0.25, -0.2) is 0 Å². The highest BCUT2D eigenvalue weighted by Gasteiger charge is 2.25. The molecule has 0 bridgehead atoms. The molecule has 1 saturated heterocycles. The number of nitrogens with one attached hydrogen (secondary N) is 1. The van der Waals surface area contributed by atoms with Crippen molar-refractivity contribution >= 4 is 12.4 Å². The van der Waals surface area contributed by atoms with E-state index in [0.29, 0.717) is 12.9 Å². The van der Waals surface area contributed by atoms with Crippen LogP contribution in [0.25, 0.3) is 0 Å². The van der Waals surface area contributed by atoms with Gasteiger partial charge in [-0.05, 0) is 31.7 Å². The lowest BCUT2D eigenvalue weighted by Gasteiger charge is -2.25. The Balaban J connectivity index is 1.84. The molecule has 1 aromatic rings. The Morgan fingerprint density at radius 2 is 2.00 bits per heavy atom. The fourth-order valence-corrected chi connectivity index (χ4v) is 2.76. The number of rotatable bonds is 8. The molecule has 0 aromatic heterocycles. The number of hydrogen-bond donors (Lipinski definition) is 1. The number of ether oxygens (including phenoxy) is 1. The van der Waals surface area contributed by atoms with Crippen LogP contribution >= 0.6 is 0 Å². The summed E-state index contributed by atoms with van der Waals surface area (Å²) in [7, 11) is 0. The fourth-order valence-electron chi connectivity index (χ4n) is 2.76. The normalized spacial score (nSPS) is 17.0. The highest BCUT2D eigenvalue weighted by Crippen LogP contribution is 2.11. The first-order valence-electron chi connectivity index (χ1n) is 7.88. The molecule has 0 spiro atoms. The third-order valence-electron chi connectivity index (χ3n) is 3.98. The van der Waals surface area contributed by atoms with Crippen LogP contribution in [-0.4, -0.2) is 42.6 Å². The summed E-state index contributed by atoms with van der Waals surface area (Å²) >= 11 is 0. The molecule has 22 heavy (non-hydrogen) atoms. The summed E-state index contributed by atoms with van der Waals surface area (Å²) < 4.78 is 5.08. The van der Waals surface area contributed by atoms with E-state index in [1.165, 1.54) is 5.56 Å². The number of aryl methyl sites for hydroxylation is 1. The van der Waals surface area contributed by atoms with Crippen molar-refractivity contribution in [3.8, 4) is 0 Å². The number of nitrogens with zero attached hydrogens (tertiary/aromatic N) is 1. The van der Waals surface area contributed by atoms with Crippen LogP contribution in [-0.2, 0) is 20.7 Å². The van der Waals surface area contributed by atoms with Gasteiger partial charge < -0.3 is 9.64 Å². The lowest BCUT2D eigenvalue weighted by molar-refractivity contribution is -0.140. The summed E-state index contributed by atoms with van der Waals surface area (Å²) in [6.45, 7) is 3.92. The Morgan fingerprint density at radius 1 is 1.32 bits per heavy atom. The minimum atomic E-state index is -0.445. The van der Waals surface area contributed by atoms with Crippen molar-refractivity contribution in [3.63, 3.8) is 0 Å².